The fourth-order valence-electron chi connectivity index (χ4n) is 3.28. The van der Waals surface area contributed by atoms with Crippen LogP contribution in [0.15, 0.2) is 18.2 Å². The number of rotatable bonds is 5. The molecule has 0 aliphatic carbocycles. The lowest BCUT2D eigenvalue weighted by molar-refractivity contribution is -0.119. The van der Waals surface area contributed by atoms with Gasteiger partial charge in [0.15, 0.2) is 0 Å². The first-order valence-corrected chi connectivity index (χ1v) is 10.1. The molecule has 1 atom stereocenters. The lowest BCUT2D eigenvalue weighted by Gasteiger charge is -2.17. The van der Waals surface area contributed by atoms with E-state index in [9.17, 15) is 18.0 Å². The lowest BCUT2D eigenvalue weighted by Crippen LogP contribution is -2.39. The van der Waals surface area contributed by atoms with Gasteiger partial charge in [-0.05, 0) is 18.6 Å². The fraction of sp³-hybridized carbons (Fsp3) is 0.450. The van der Waals surface area contributed by atoms with Crippen molar-refractivity contribution in [2.24, 2.45) is 0 Å². The highest BCUT2D eigenvalue weighted by Crippen LogP contribution is 2.28. The second kappa shape index (κ2) is 10.9. The van der Waals surface area contributed by atoms with Crippen LogP contribution in [0.25, 0.3) is 0 Å². The smallest absolute Gasteiger partial charge is 0.266 e. The number of anilines is 1. The number of morpholine rings is 1. The van der Waals surface area contributed by atoms with Crippen LogP contribution in [0.2, 0.25) is 5.28 Å². The number of benzene rings is 1. The number of carbonyl (C=O) groups excluding carboxylic acids is 1. The molecule has 2 N–H and O–H groups in total. The summed E-state index contributed by atoms with van der Waals surface area (Å²) in [6, 6.07) is 3.95. The third-order valence-corrected chi connectivity index (χ3v) is 4.98. The quantitative estimate of drug-likeness (QED) is 0.528. The molecule has 0 radical (unpaired) electrons. The summed E-state index contributed by atoms with van der Waals surface area (Å²) in [5, 5.41) is 6.11. The molecule has 1 fully saturated rings. The van der Waals surface area contributed by atoms with Crippen molar-refractivity contribution >= 4 is 23.7 Å². The van der Waals surface area contributed by atoms with Crippen molar-refractivity contribution in [1.29, 1.82) is 0 Å². The third-order valence-electron chi connectivity index (χ3n) is 4.81. The van der Waals surface area contributed by atoms with E-state index in [0.717, 1.165) is 30.2 Å². The summed E-state index contributed by atoms with van der Waals surface area (Å²) in [6.07, 6.45) is -2.23. The Balaban J connectivity index is 0.000000287. The van der Waals surface area contributed by atoms with Gasteiger partial charge in [0, 0.05) is 43.9 Å². The zero-order valence-electron chi connectivity index (χ0n) is 16.9. The first kappa shape index (κ1) is 23.4. The van der Waals surface area contributed by atoms with Gasteiger partial charge in [-0.15, -0.1) is 0 Å². The van der Waals surface area contributed by atoms with Gasteiger partial charge in [-0.1, -0.05) is 18.2 Å². The molecular formula is C20H23ClF3N5O2. The van der Waals surface area contributed by atoms with Gasteiger partial charge in [-0.3, -0.25) is 4.90 Å². The Bertz CT molecular complexity index is 913. The van der Waals surface area contributed by atoms with Crippen molar-refractivity contribution in [1.82, 2.24) is 20.2 Å². The van der Waals surface area contributed by atoms with Crippen LogP contribution in [-0.4, -0.2) is 54.0 Å². The van der Waals surface area contributed by atoms with E-state index >= 15 is 0 Å². The average molecular weight is 458 g/mol. The average Bonchev–Trinajstić information content (AvgIpc) is 3.13. The number of nitrogens with zero attached hydrogens (tertiary/aromatic N) is 3. The van der Waals surface area contributed by atoms with Crippen molar-refractivity contribution in [3.05, 3.63) is 51.7 Å². The molecule has 1 unspecified atom stereocenters. The molecule has 1 aromatic carbocycles. The fourth-order valence-corrected chi connectivity index (χ4v) is 3.47. The molecule has 11 heteroatoms. The summed E-state index contributed by atoms with van der Waals surface area (Å²) >= 11 is 5.90. The summed E-state index contributed by atoms with van der Waals surface area (Å²) in [4.78, 5) is 20.3. The third kappa shape index (κ3) is 6.13. The zero-order chi connectivity index (χ0) is 22.4. The summed E-state index contributed by atoms with van der Waals surface area (Å²) in [5.41, 5.74) is 1.26. The number of aldehydes is 1. The molecule has 0 amide bonds. The molecule has 0 bridgehead atoms. The normalized spacial score (nSPS) is 18.3. The molecule has 3 heterocycles. The molecule has 2 aliphatic rings. The van der Waals surface area contributed by atoms with Gasteiger partial charge in [0.25, 0.3) is 6.43 Å². The summed E-state index contributed by atoms with van der Waals surface area (Å²) in [5.74, 6) is -0.393. The van der Waals surface area contributed by atoms with E-state index in [1.165, 1.54) is 12.1 Å². The largest absolute Gasteiger partial charge is 0.368 e. The highest BCUT2D eigenvalue weighted by atomic mass is 35.5. The Morgan fingerprint density at radius 1 is 1.39 bits per heavy atom. The number of alkyl halides is 2. The maximum atomic E-state index is 14.1. The monoisotopic (exact) mass is 457 g/mol. The van der Waals surface area contributed by atoms with E-state index in [4.69, 9.17) is 16.3 Å². The van der Waals surface area contributed by atoms with Gasteiger partial charge in [-0.25, -0.2) is 23.1 Å². The van der Waals surface area contributed by atoms with Crippen LogP contribution >= 0.6 is 11.6 Å². The van der Waals surface area contributed by atoms with Crippen LogP contribution in [0.1, 0.15) is 28.8 Å². The molecule has 0 spiro atoms. The number of halogens is 4. The number of aromatic nitrogens is 2. The van der Waals surface area contributed by atoms with E-state index in [1.54, 1.807) is 0 Å². The molecule has 1 aromatic heterocycles. The highest BCUT2D eigenvalue weighted by Gasteiger charge is 2.23. The maximum absolute atomic E-state index is 14.1. The molecule has 0 saturated carbocycles. The molecule has 7 nitrogen and oxygen atoms in total. The van der Waals surface area contributed by atoms with Crippen LogP contribution in [0, 0.1) is 5.82 Å². The molecule has 1 saturated heterocycles. The Morgan fingerprint density at radius 3 is 2.84 bits per heavy atom. The second-order valence-corrected chi connectivity index (χ2v) is 7.50. The minimum Gasteiger partial charge on any atom is -0.368 e. The number of nitrogens with one attached hydrogen (secondary N) is 2. The number of hydrogen-bond acceptors (Lipinski definition) is 7. The van der Waals surface area contributed by atoms with E-state index < -0.39 is 17.8 Å². The summed E-state index contributed by atoms with van der Waals surface area (Å²) in [7, 11) is 1.94. The number of carbonyl (C=O) groups is 1. The van der Waals surface area contributed by atoms with E-state index in [-0.39, 0.29) is 23.5 Å². The summed E-state index contributed by atoms with van der Waals surface area (Å²) < 4.78 is 44.5. The van der Waals surface area contributed by atoms with Crippen molar-refractivity contribution < 1.29 is 22.7 Å². The lowest BCUT2D eigenvalue weighted by atomic mass is 10.1. The molecule has 2 aromatic rings. The standard InChI is InChI=1S/C15H14ClF3N4.C5H9NO2/c1-23-6-10-11(7-23)21-15(16)22-14(10)20-5-8-3-2-4-9(12(8)17)13(18)19;7-4-5-3-6-1-2-8-5/h2-4,13H,5-7H2,1H3,(H,20,21,22);4-6H,1-3H2. The van der Waals surface area contributed by atoms with Crippen molar-refractivity contribution in [3.63, 3.8) is 0 Å². The minimum absolute atomic E-state index is 0.0376. The van der Waals surface area contributed by atoms with Crippen molar-refractivity contribution in [2.45, 2.75) is 32.2 Å². The molecule has 31 heavy (non-hydrogen) atoms. The molecular weight excluding hydrogens is 435 g/mol. The van der Waals surface area contributed by atoms with E-state index in [1.807, 2.05) is 11.9 Å². The minimum atomic E-state index is -2.85. The van der Waals surface area contributed by atoms with Gasteiger partial charge in [0.2, 0.25) is 5.28 Å². The van der Waals surface area contributed by atoms with Gasteiger partial charge in [0.1, 0.15) is 24.0 Å². The van der Waals surface area contributed by atoms with Crippen LogP contribution in [-0.2, 0) is 29.2 Å². The predicted molar refractivity (Wildman–Crippen MR) is 110 cm³/mol. The number of fused-ring (bicyclic) bond motifs is 1. The maximum Gasteiger partial charge on any atom is 0.266 e. The van der Waals surface area contributed by atoms with Gasteiger partial charge in [-0.2, -0.15) is 0 Å². The Kier molecular flexibility index (Phi) is 8.19. The Hall–Kier alpha value is -2.27. The van der Waals surface area contributed by atoms with E-state index in [0.29, 0.717) is 32.1 Å². The molecule has 2 aliphatic heterocycles. The summed E-state index contributed by atoms with van der Waals surface area (Å²) in [6.45, 7) is 3.53. The van der Waals surface area contributed by atoms with Gasteiger partial charge in [0.05, 0.1) is 17.9 Å². The Morgan fingerprint density at radius 2 is 2.19 bits per heavy atom. The first-order chi connectivity index (χ1) is 14.9. The van der Waals surface area contributed by atoms with Crippen molar-refractivity contribution in [3.8, 4) is 0 Å². The van der Waals surface area contributed by atoms with E-state index in [2.05, 4.69) is 20.6 Å². The topological polar surface area (TPSA) is 79.4 Å². The van der Waals surface area contributed by atoms with Crippen molar-refractivity contribution in [2.75, 3.05) is 32.1 Å². The van der Waals surface area contributed by atoms with Gasteiger partial charge >= 0.3 is 0 Å². The zero-order valence-corrected chi connectivity index (χ0v) is 17.6. The van der Waals surface area contributed by atoms with Crippen LogP contribution in [0.3, 0.4) is 0 Å². The number of hydrogen-bond donors (Lipinski definition) is 2. The SMILES string of the molecule is CN1Cc2nc(Cl)nc(NCc3cccc(C(F)F)c3F)c2C1.O=CC1CNCCO1. The number of ether oxygens (including phenoxy) is 1. The van der Waals surface area contributed by atoms with Gasteiger partial charge < -0.3 is 20.2 Å². The van der Waals surface area contributed by atoms with Crippen LogP contribution in [0.5, 0.6) is 0 Å². The Labute approximate surface area is 183 Å². The van der Waals surface area contributed by atoms with Crippen LogP contribution in [0.4, 0.5) is 19.0 Å². The first-order valence-electron chi connectivity index (χ1n) is 9.69. The highest BCUT2D eigenvalue weighted by molar-refractivity contribution is 6.28. The second-order valence-electron chi connectivity index (χ2n) is 7.16. The molecule has 4 rings (SSSR count). The predicted octanol–water partition coefficient (Wildman–Crippen LogP) is 2.94. The molecule has 168 valence electrons. The van der Waals surface area contributed by atoms with Crippen LogP contribution < -0.4 is 10.6 Å².